The number of halogens is 1. The van der Waals surface area contributed by atoms with Crippen molar-refractivity contribution in [1.82, 2.24) is 9.55 Å². The fraction of sp³-hybridized carbons (Fsp3) is 0.474. The van der Waals surface area contributed by atoms with Gasteiger partial charge in [-0.3, -0.25) is 4.79 Å². The molecule has 2 aliphatic rings. The molecular weight excluding hydrogens is 367 g/mol. The van der Waals surface area contributed by atoms with E-state index in [0.29, 0.717) is 25.0 Å². The summed E-state index contributed by atoms with van der Waals surface area (Å²) in [6.45, 7) is 0.378. The van der Waals surface area contributed by atoms with Crippen LogP contribution in [0.2, 0.25) is 0 Å². The van der Waals surface area contributed by atoms with Gasteiger partial charge in [0.25, 0.3) is 0 Å². The number of hydrogen-bond donors (Lipinski definition) is 2. The standard InChI is InChI=1S/C19H21FN4O4/c1-28-23-15-5-9(4-10(15)7-21)16-14(20)6-12-17(25)13(19(26)27)8-24(11-2-3-11)18(12)22-16/h6,8-11H,2-5,7,21H2,1H3,(H,26,27). The van der Waals surface area contributed by atoms with Crippen LogP contribution in [-0.4, -0.2) is 40.0 Å². The number of carboxylic acid groups (broad SMARTS) is 1. The second-order valence-corrected chi connectivity index (χ2v) is 7.38. The van der Waals surface area contributed by atoms with E-state index in [9.17, 15) is 19.1 Å². The average molecular weight is 388 g/mol. The highest BCUT2D eigenvalue weighted by molar-refractivity contribution is 5.92. The minimum absolute atomic E-state index is 0.00722. The fourth-order valence-electron chi connectivity index (χ4n) is 3.98. The summed E-state index contributed by atoms with van der Waals surface area (Å²) < 4.78 is 16.6. The number of oxime groups is 1. The number of hydrogen-bond acceptors (Lipinski definition) is 6. The molecule has 2 saturated carbocycles. The van der Waals surface area contributed by atoms with Gasteiger partial charge in [-0.25, -0.2) is 14.2 Å². The van der Waals surface area contributed by atoms with E-state index in [0.717, 1.165) is 24.6 Å². The van der Waals surface area contributed by atoms with Crippen molar-refractivity contribution in [3.63, 3.8) is 0 Å². The zero-order chi connectivity index (χ0) is 20.0. The molecule has 2 aliphatic carbocycles. The number of nitrogens with zero attached hydrogens (tertiary/aromatic N) is 3. The van der Waals surface area contributed by atoms with Crippen molar-refractivity contribution in [2.75, 3.05) is 13.7 Å². The molecule has 0 radical (unpaired) electrons. The van der Waals surface area contributed by atoms with Crippen molar-refractivity contribution in [1.29, 1.82) is 0 Å². The molecule has 2 aromatic rings. The van der Waals surface area contributed by atoms with Crippen molar-refractivity contribution >= 4 is 22.7 Å². The summed E-state index contributed by atoms with van der Waals surface area (Å²) in [5, 5.41) is 13.3. The Morgan fingerprint density at radius 2 is 2.25 bits per heavy atom. The summed E-state index contributed by atoms with van der Waals surface area (Å²) in [7, 11) is 1.46. The molecule has 3 N–H and O–H groups in total. The molecule has 0 amide bonds. The smallest absolute Gasteiger partial charge is 0.341 e. The van der Waals surface area contributed by atoms with E-state index in [1.807, 2.05) is 0 Å². The van der Waals surface area contributed by atoms with Gasteiger partial charge in [0.2, 0.25) is 5.43 Å². The molecule has 2 unspecified atom stereocenters. The zero-order valence-corrected chi connectivity index (χ0v) is 15.4. The molecule has 0 saturated heterocycles. The van der Waals surface area contributed by atoms with Crippen molar-refractivity contribution in [3.05, 3.63) is 39.6 Å². The first-order valence-corrected chi connectivity index (χ1v) is 9.23. The lowest BCUT2D eigenvalue weighted by molar-refractivity contribution is 0.0695. The maximum absolute atomic E-state index is 14.9. The molecular formula is C19H21FN4O4. The third kappa shape index (κ3) is 3.05. The second kappa shape index (κ2) is 6.97. The predicted molar refractivity (Wildman–Crippen MR) is 100 cm³/mol. The SMILES string of the molecule is CON=C1CC(c2nc3c(cc2F)c(=O)c(C(=O)O)cn3C2CC2)CC1CN. The minimum Gasteiger partial charge on any atom is -0.477 e. The third-order valence-corrected chi connectivity index (χ3v) is 5.53. The molecule has 4 rings (SSSR count). The van der Waals surface area contributed by atoms with Crippen molar-refractivity contribution in [2.45, 2.75) is 37.6 Å². The Morgan fingerprint density at radius 3 is 2.86 bits per heavy atom. The lowest BCUT2D eigenvalue weighted by Crippen LogP contribution is -2.20. The van der Waals surface area contributed by atoms with Gasteiger partial charge in [0.1, 0.15) is 24.1 Å². The van der Waals surface area contributed by atoms with Crippen LogP contribution in [0, 0.1) is 11.7 Å². The summed E-state index contributed by atoms with van der Waals surface area (Å²) in [5.41, 5.74) is 6.08. The van der Waals surface area contributed by atoms with Crippen LogP contribution in [-0.2, 0) is 4.84 Å². The molecule has 0 spiro atoms. The van der Waals surface area contributed by atoms with Gasteiger partial charge in [0, 0.05) is 30.6 Å². The number of fused-ring (bicyclic) bond motifs is 1. The molecule has 9 heteroatoms. The summed E-state index contributed by atoms with van der Waals surface area (Å²) in [5.74, 6) is -2.18. The molecule has 8 nitrogen and oxygen atoms in total. The summed E-state index contributed by atoms with van der Waals surface area (Å²) >= 11 is 0. The first-order chi connectivity index (χ1) is 13.4. The molecule has 0 bridgehead atoms. The maximum atomic E-state index is 14.9. The highest BCUT2D eigenvalue weighted by atomic mass is 19.1. The largest absolute Gasteiger partial charge is 0.477 e. The molecule has 2 atom stereocenters. The van der Waals surface area contributed by atoms with Gasteiger partial charge in [-0.05, 0) is 31.7 Å². The van der Waals surface area contributed by atoms with Crippen LogP contribution in [0.4, 0.5) is 4.39 Å². The number of aromatic carboxylic acids is 1. The molecule has 2 fully saturated rings. The van der Waals surface area contributed by atoms with Gasteiger partial charge in [0.15, 0.2) is 0 Å². The molecule has 0 aromatic carbocycles. The fourth-order valence-corrected chi connectivity index (χ4v) is 3.98. The molecule has 0 aliphatic heterocycles. The van der Waals surface area contributed by atoms with E-state index < -0.39 is 17.2 Å². The number of aromatic nitrogens is 2. The Bertz CT molecular complexity index is 1040. The Morgan fingerprint density at radius 1 is 1.50 bits per heavy atom. The van der Waals surface area contributed by atoms with E-state index in [1.165, 1.54) is 13.3 Å². The maximum Gasteiger partial charge on any atom is 0.341 e. The lowest BCUT2D eigenvalue weighted by Gasteiger charge is -2.15. The van der Waals surface area contributed by atoms with Gasteiger partial charge >= 0.3 is 5.97 Å². The van der Waals surface area contributed by atoms with Crippen LogP contribution in [0.5, 0.6) is 0 Å². The van der Waals surface area contributed by atoms with E-state index in [4.69, 9.17) is 10.6 Å². The van der Waals surface area contributed by atoms with E-state index >= 15 is 0 Å². The van der Waals surface area contributed by atoms with Crippen molar-refractivity contribution in [2.24, 2.45) is 16.8 Å². The Labute approximate surface area is 159 Å². The Balaban J connectivity index is 1.86. The quantitative estimate of drug-likeness (QED) is 0.756. The highest BCUT2D eigenvalue weighted by Gasteiger charge is 2.35. The van der Waals surface area contributed by atoms with Gasteiger partial charge in [0.05, 0.1) is 16.8 Å². The second-order valence-electron chi connectivity index (χ2n) is 7.38. The van der Waals surface area contributed by atoms with Crippen molar-refractivity contribution in [3.8, 4) is 0 Å². The highest BCUT2D eigenvalue weighted by Crippen LogP contribution is 2.39. The lowest BCUT2D eigenvalue weighted by atomic mass is 10.00. The third-order valence-electron chi connectivity index (χ3n) is 5.53. The normalized spacial score (nSPS) is 23.5. The number of pyridine rings is 2. The Hall–Kier alpha value is -2.81. The van der Waals surface area contributed by atoms with E-state index in [1.54, 1.807) is 4.57 Å². The summed E-state index contributed by atoms with van der Waals surface area (Å²) in [4.78, 5) is 33.3. The molecule has 2 aromatic heterocycles. The molecule has 2 heterocycles. The summed E-state index contributed by atoms with van der Waals surface area (Å²) in [6, 6.07) is 1.20. The number of carbonyl (C=O) groups is 1. The molecule has 28 heavy (non-hydrogen) atoms. The van der Waals surface area contributed by atoms with Crippen LogP contribution in [0.1, 0.15) is 53.7 Å². The molecule has 148 valence electrons. The predicted octanol–water partition coefficient (Wildman–Crippen LogP) is 2.02. The number of carboxylic acids is 1. The van der Waals surface area contributed by atoms with Crippen LogP contribution >= 0.6 is 0 Å². The number of nitrogens with two attached hydrogens (primary N) is 1. The number of rotatable bonds is 5. The first kappa shape index (κ1) is 18.5. The monoisotopic (exact) mass is 388 g/mol. The topological polar surface area (TPSA) is 120 Å². The van der Waals surface area contributed by atoms with Crippen LogP contribution in [0.15, 0.2) is 22.2 Å². The van der Waals surface area contributed by atoms with Gasteiger partial charge < -0.3 is 20.2 Å². The van der Waals surface area contributed by atoms with Crippen molar-refractivity contribution < 1.29 is 19.1 Å². The first-order valence-electron chi connectivity index (χ1n) is 9.23. The van der Waals surface area contributed by atoms with Crippen LogP contribution in [0.25, 0.3) is 11.0 Å². The van der Waals surface area contributed by atoms with Gasteiger partial charge in [-0.2, -0.15) is 0 Å². The zero-order valence-electron chi connectivity index (χ0n) is 15.4. The average Bonchev–Trinajstić information content (AvgIpc) is 3.42. The van der Waals surface area contributed by atoms with Gasteiger partial charge in [-0.15, -0.1) is 0 Å². The van der Waals surface area contributed by atoms with Crippen LogP contribution < -0.4 is 11.2 Å². The Kier molecular flexibility index (Phi) is 4.62. The van der Waals surface area contributed by atoms with Gasteiger partial charge in [-0.1, -0.05) is 5.16 Å². The van der Waals surface area contributed by atoms with Crippen LogP contribution in [0.3, 0.4) is 0 Å². The van der Waals surface area contributed by atoms with E-state index in [-0.39, 0.29) is 34.5 Å². The van der Waals surface area contributed by atoms with E-state index in [2.05, 4.69) is 10.1 Å². The summed E-state index contributed by atoms with van der Waals surface area (Å²) in [6.07, 6.45) is 4.14. The minimum atomic E-state index is -1.33.